The molecule has 0 aromatic heterocycles. The SMILES string of the molecule is CN=C(NCCc1cccc(C)c1)NCCN1C(=O)C2C3C=CC(C3)C2C1=O.I. The predicted octanol–water partition coefficient (Wildman–Crippen LogP) is 2.13. The van der Waals surface area contributed by atoms with E-state index in [9.17, 15) is 9.59 Å². The van der Waals surface area contributed by atoms with Gasteiger partial charge < -0.3 is 10.6 Å². The molecule has 2 N–H and O–H groups in total. The van der Waals surface area contributed by atoms with E-state index in [4.69, 9.17) is 0 Å². The molecule has 0 radical (unpaired) electrons. The highest BCUT2D eigenvalue weighted by Gasteiger charge is 2.58. The van der Waals surface area contributed by atoms with Gasteiger partial charge in [-0.15, -0.1) is 24.0 Å². The van der Waals surface area contributed by atoms with Crippen molar-refractivity contribution < 1.29 is 9.59 Å². The lowest BCUT2D eigenvalue weighted by atomic mass is 9.85. The van der Waals surface area contributed by atoms with Crippen LogP contribution in [-0.4, -0.2) is 49.4 Å². The number of carbonyl (C=O) groups excluding carboxylic acids is 2. The zero-order valence-corrected chi connectivity index (χ0v) is 19.3. The maximum absolute atomic E-state index is 12.7. The van der Waals surface area contributed by atoms with Crippen molar-refractivity contribution in [3.63, 3.8) is 0 Å². The van der Waals surface area contributed by atoms with Crippen molar-refractivity contribution in [3.8, 4) is 0 Å². The number of hydrogen-bond donors (Lipinski definition) is 2. The number of halogens is 1. The molecule has 156 valence electrons. The normalized spacial score (nSPS) is 27.2. The Labute approximate surface area is 189 Å². The number of hydrogen-bond acceptors (Lipinski definition) is 3. The average Bonchev–Trinajstić information content (AvgIpc) is 3.36. The summed E-state index contributed by atoms with van der Waals surface area (Å²) in [6.45, 7) is 3.75. The van der Waals surface area contributed by atoms with Gasteiger partial charge in [-0.25, -0.2) is 0 Å². The first-order chi connectivity index (χ1) is 13.6. The minimum absolute atomic E-state index is 0. The summed E-state index contributed by atoms with van der Waals surface area (Å²) >= 11 is 0. The number of likely N-dealkylation sites (tertiary alicyclic amines) is 1. The van der Waals surface area contributed by atoms with Crippen LogP contribution in [0.4, 0.5) is 0 Å². The molecule has 1 aromatic carbocycles. The maximum Gasteiger partial charge on any atom is 0.233 e. The lowest BCUT2D eigenvalue weighted by Crippen LogP contribution is -2.44. The molecule has 4 atom stereocenters. The summed E-state index contributed by atoms with van der Waals surface area (Å²) in [5.41, 5.74) is 2.54. The van der Waals surface area contributed by atoms with E-state index in [-0.39, 0.29) is 59.5 Å². The van der Waals surface area contributed by atoms with E-state index in [0.717, 1.165) is 19.4 Å². The monoisotopic (exact) mass is 508 g/mol. The molecule has 1 heterocycles. The highest BCUT2D eigenvalue weighted by Crippen LogP contribution is 2.52. The highest BCUT2D eigenvalue weighted by molar-refractivity contribution is 14.0. The zero-order chi connectivity index (χ0) is 19.7. The highest BCUT2D eigenvalue weighted by atomic mass is 127. The van der Waals surface area contributed by atoms with Crippen molar-refractivity contribution in [3.05, 3.63) is 47.5 Å². The van der Waals surface area contributed by atoms with Crippen LogP contribution in [0.1, 0.15) is 17.5 Å². The predicted molar refractivity (Wildman–Crippen MR) is 124 cm³/mol. The van der Waals surface area contributed by atoms with Gasteiger partial charge >= 0.3 is 0 Å². The van der Waals surface area contributed by atoms with E-state index in [2.05, 4.69) is 59.0 Å². The first kappa shape index (κ1) is 21.8. The number of carbonyl (C=O) groups is 2. The van der Waals surface area contributed by atoms with Gasteiger partial charge in [0.25, 0.3) is 0 Å². The number of nitrogens with one attached hydrogen (secondary N) is 2. The number of fused-ring (bicyclic) bond motifs is 5. The fraction of sp³-hybridized carbons (Fsp3) is 0.500. The molecule has 2 bridgehead atoms. The Kier molecular flexibility index (Phi) is 6.97. The fourth-order valence-electron chi connectivity index (χ4n) is 4.88. The van der Waals surface area contributed by atoms with E-state index in [1.54, 1.807) is 7.05 Å². The second-order valence-corrected chi connectivity index (χ2v) is 7.99. The van der Waals surface area contributed by atoms with Crippen molar-refractivity contribution in [1.29, 1.82) is 0 Å². The van der Waals surface area contributed by atoms with E-state index >= 15 is 0 Å². The number of amides is 2. The lowest BCUT2D eigenvalue weighted by molar-refractivity contribution is -0.140. The number of imide groups is 1. The van der Waals surface area contributed by atoms with Gasteiger partial charge in [-0.2, -0.15) is 0 Å². The van der Waals surface area contributed by atoms with Crippen LogP contribution in [-0.2, 0) is 16.0 Å². The van der Waals surface area contributed by atoms with Crippen LogP contribution in [0.15, 0.2) is 41.4 Å². The van der Waals surface area contributed by atoms with E-state index < -0.39 is 0 Å². The largest absolute Gasteiger partial charge is 0.356 e. The third kappa shape index (κ3) is 4.34. The van der Waals surface area contributed by atoms with E-state index in [0.29, 0.717) is 19.0 Å². The van der Waals surface area contributed by atoms with Crippen molar-refractivity contribution >= 4 is 41.8 Å². The Hall–Kier alpha value is -1.90. The van der Waals surface area contributed by atoms with Gasteiger partial charge in [0.05, 0.1) is 11.8 Å². The van der Waals surface area contributed by atoms with Crippen LogP contribution in [0, 0.1) is 30.6 Å². The number of guanidine groups is 1. The van der Waals surface area contributed by atoms with Crippen LogP contribution in [0.2, 0.25) is 0 Å². The lowest BCUT2D eigenvalue weighted by Gasteiger charge is -2.18. The van der Waals surface area contributed by atoms with Crippen LogP contribution < -0.4 is 10.6 Å². The number of aryl methyl sites for hydroxylation is 1. The van der Waals surface area contributed by atoms with Crippen LogP contribution in [0.5, 0.6) is 0 Å². The van der Waals surface area contributed by atoms with Gasteiger partial charge in [0.1, 0.15) is 0 Å². The third-order valence-electron chi connectivity index (χ3n) is 6.20. The quantitative estimate of drug-likeness (QED) is 0.203. The third-order valence-corrected chi connectivity index (χ3v) is 6.20. The summed E-state index contributed by atoms with van der Waals surface area (Å²) in [5, 5.41) is 6.51. The van der Waals surface area contributed by atoms with Crippen LogP contribution in [0.3, 0.4) is 0 Å². The maximum atomic E-state index is 12.7. The Balaban J connectivity index is 0.00000240. The van der Waals surface area contributed by atoms with Gasteiger partial charge in [0, 0.05) is 26.7 Å². The molecule has 1 aliphatic heterocycles. The molecule has 2 aliphatic carbocycles. The van der Waals surface area contributed by atoms with Crippen molar-refractivity contribution in [1.82, 2.24) is 15.5 Å². The van der Waals surface area contributed by atoms with Gasteiger partial charge in [-0.3, -0.25) is 19.5 Å². The average molecular weight is 508 g/mol. The summed E-state index contributed by atoms with van der Waals surface area (Å²) in [5.74, 6) is 1.00. The molecule has 6 nitrogen and oxygen atoms in total. The molecule has 2 amide bonds. The number of benzene rings is 1. The first-order valence-electron chi connectivity index (χ1n) is 10.1. The summed E-state index contributed by atoms with van der Waals surface area (Å²) in [7, 11) is 1.72. The molecule has 4 unspecified atom stereocenters. The molecule has 1 saturated carbocycles. The standard InChI is InChI=1S/C22H28N4O2.HI/c1-14-4-3-5-15(12-14)8-9-24-22(23-2)25-10-11-26-20(27)18-16-6-7-17(13-16)19(18)21(26)28;/h3-7,12,16-19H,8-11,13H2,1-2H3,(H2,23,24,25);1H. The molecule has 1 aromatic rings. The van der Waals surface area contributed by atoms with Crippen LogP contribution >= 0.6 is 24.0 Å². The van der Waals surface area contributed by atoms with Crippen LogP contribution in [0.25, 0.3) is 0 Å². The van der Waals surface area contributed by atoms with Crippen molar-refractivity contribution in [2.45, 2.75) is 19.8 Å². The Bertz CT molecular complexity index is 808. The van der Waals surface area contributed by atoms with Crippen molar-refractivity contribution in [2.75, 3.05) is 26.7 Å². The minimum atomic E-state index is -0.116. The number of allylic oxidation sites excluding steroid dienone is 2. The Morgan fingerprint density at radius 1 is 1.10 bits per heavy atom. The van der Waals surface area contributed by atoms with Crippen molar-refractivity contribution in [2.24, 2.45) is 28.7 Å². The molecule has 4 rings (SSSR count). The summed E-state index contributed by atoms with van der Waals surface area (Å²) < 4.78 is 0. The molecule has 0 spiro atoms. The van der Waals surface area contributed by atoms with Gasteiger partial charge in [0.2, 0.25) is 11.8 Å². The second kappa shape index (κ2) is 9.28. The fourth-order valence-corrected chi connectivity index (χ4v) is 4.88. The number of nitrogens with zero attached hydrogens (tertiary/aromatic N) is 2. The molecule has 2 fully saturated rings. The summed E-state index contributed by atoms with van der Waals surface area (Å²) in [4.78, 5) is 31.1. The Morgan fingerprint density at radius 3 is 2.38 bits per heavy atom. The summed E-state index contributed by atoms with van der Waals surface area (Å²) in [6, 6.07) is 8.46. The molecular formula is C22H29IN4O2. The molecule has 29 heavy (non-hydrogen) atoms. The topological polar surface area (TPSA) is 73.8 Å². The second-order valence-electron chi connectivity index (χ2n) is 7.99. The molecule has 7 heteroatoms. The minimum Gasteiger partial charge on any atom is -0.356 e. The van der Waals surface area contributed by atoms with E-state index in [1.165, 1.54) is 16.0 Å². The van der Waals surface area contributed by atoms with E-state index in [1.807, 2.05) is 0 Å². The summed E-state index contributed by atoms with van der Waals surface area (Å²) in [6.07, 6.45) is 6.12. The number of rotatable bonds is 6. The molecule has 3 aliphatic rings. The van der Waals surface area contributed by atoms with Gasteiger partial charge in [-0.05, 0) is 37.2 Å². The Morgan fingerprint density at radius 2 is 1.76 bits per heavy atom. The van der Waals surface area contributed by atoms with Gasteiger partial charge in [-0.1, -0.05) is 42.0 Å². The zero-order valence-electron chi connectivity index (χ0n) is 16.9. The number of aliphatic imine (C=N–C) groups is 1. The molecule has 1 saturated heterocycles. The molecular weight excluding hydrogens is 479 g/mol. The first-order valence-corrected chi connectivity index (χ1v) is 10.1. The van der Waals surface area contributed by atoms with Gasteiger partial charge in [0.15, 0.2) is 5.96 Å². The smallest absolute Gasteiger partial charge is 0.233 e.